The standard InChI is InChI=1S/C23H25NO5/c1-29-21(26)19-7-9-20(10-8-19)23(15-17-5-3-2-4-6-17)16-18(12-14-25)11-13-24(23)22(27)28/h2-10,14,18H,11-13,15-16H2,1H3,(H,27,28)/t18?,23-/m1/s1. The van der Waals surface area contributed by atoms with Gasteiger partial charge in [-0.25, -0.2) is 9.59 Å². The van der Waals surface area contributed by atoms with Gasteiger partial charge in [0.05, 0.1) is 18.2 Å². The molecule has 0 spiro atoms. The molecule has 1 unspecified atom stereocenters. The number of ether oxygens (including phenoxy) is 1. The highest BCUT2D eigenvalue weighted by Crippen LogP contribution is 2.43. The van der Waals surface area contributed by atoms with Gasteiger partial charge in [-0.1, -0.05) is 42.5 Å². The first-order chi connectivity index (χ1) is 14.0. The van der Waals surface area contributed by atoms with Crippen molar-refractivity contribution in [3.05, 3.63) is 71.3 Å². The molecule has 2 atom stereocenters. The van der Waals surface area contributed by atoms with Gasteiger partial charge in [0, 0.05) is 19.4 Å². The Morgan fingerprint density at radius 3 is 2.45 bits per heavy atom. The summed E-state index contributed by atoms with van der Waals surface area (Å²) in [5, 5.41) is 9.99. The van der Waals surface area contributed by atoms with Crippen LogP contribution >= 0.6 is 0 Å². The van der Waals surface area contributed by atoms with Crippen LogP contribution in [-0.4, -0.2) is 42.0 Å². The summed E-state index contributed by atoms with van der Waals surface area (Å²) in [5.41, 5.74) is 1.43. The van der Waals surface area contributed by atoms with Crippen molar-refractivity contribution in [1.82, 2.24) is 4.90 Å². The van der Waals surface area contributed by atoms with Gasteiger partial charge in [-0.05, 0) is 42.0 Å². The largest absolute Gasteiger partial charge is 0.465 e. The molecule has 6 nitrogen and oxygen atoms in total. The van der Waals surface area contributed by atoms with Gasteiger partial charge >= 0.3 is 12.1 Å². The van der Waals surface area contributed by atoms with Gasteiger partial charge in [0.15, 0.2) is 0 Å². The SMILES string of the molecule is COC(=O)c1ccc([C@@]2(Cc3ccccc3)CC(CC=O)CCN2C(=O)O)cc1. The number of piperidine rings is 1. The summed E-state index contributed by atoms with van der Waals surface area (Å²) in [6, 6.07) is 16.7. The Morgan fingerprint density at radius 2 is 1.86 bits per heavy atom. The Balaban J connectivity index is 2.09. The van der Waals surface area contributed by atoms with Gasteiger partial charge in [-0.2, -0.15) is 0 Å². The monoisotopic (exact) mass is 395 g/mol. The van der Waals surface area contributed by atoms with E-state index in [2.05, 4.69) is 0 Å². The fraction of sp³-hybridized carbons (Fsp3) is 0.348. The van der Waals surface area contributed by atoms with Crippen molar-refractivity contribution in [3.8, 4) is 0 Å². The summed E-state index contributed by atoms with van der Waals surface area (Å²) in [6.45, 7) is 0.361. The Morgan fingerprint density at radius 1 is 1.17 bits per heavy atom. The van der Waals surface area contributed by atoms with E-state index in [0.717, 1.165) is 17.4 Å². The first kappa shape index (κ1) is 20.6. The van der Waals surface area contributed by atoms with Gasteiger partial charge in [0.25, 0.3) is 0 Å². The van der Waals surface area contributed by atoms with Crippen LogP contribution in [0.4, 0.5) is 4.79 Å². The van der Waals surface area contributed by atoms with Crippen LogP contribution < -0.4 is 0 Å². The Kier molecular flexibility index (Phi) is 6.32. The van der Waals surface area contributed by atoms with E-state index in [9.17, 15) is 19.5 Å². The van der Waals surface area contributed by atoms with Crippen LogP contribution in [0, 0.1) is 5.92 Å². The molecule has 0 bridgehead atoms. The van der Waals surface area contributed by atoms with E-state index in [4.69, 9.17) is 4.74 Å². The molecule has 0 radical (unpaired) electrons. The molecule has 2 aromatic rings. The number of carbonyl (C=O) groups excluding carboxylic acids is 2. The lowest BCUT2D eigenvalue weighted by molar-refractivity contribution is -0.109. The fourth-order valence-corrected chi connectivity index (χ4v) is 4.34. The van der Waals surface area contributed by atoms with Gasteiger partial charge < -0.3 is 14.6 Å². The number of aldehydes is 1. The number of hydrogen-bond acceptors (Lipinski definition) is 4. The van der Waals surface area contributed by atoms with Crippen LogP contribution in [0.5, 0.6) is 0 Å². The number of nitrogens with zero attached hydrogens (tertiary/aromatic N) is 1. The van der Waals surface area contributed by atoms with E-state index >= 15 is 0 Å². The molecular weight excluding hydrogens is 370 g/mol. The van der Waals surface area contributed by atoms with E-state index in [1.54, 1.807) is 24.3 Å². The maximum Gasteiger partial charge on any atom is 0.408 e. The number of amides is 1. The molecule has 1 aliphatic heterocycles. The Bertz CT molecular complexity index is 865. The lowest BCUT2D eigenvalue weighted by Crippen LogP contribution is -2.55. The molecule has 0 aliphatic carbocycles. The number of rotatable bonds is 6. The molecule has 3 rings (SSSR count). The van der Waals surface area contributed by atoms with Gasteiger partial charge in [0.1, 0.15) is 6.29 Å². The van der Waals surface area contributed by atoms with Crippen LogP contribution in [0.15, 0.2) is 54.6 Å². The smallest absolute Gasteiger partial charge is 0.408 e. The number of carbonyl (C=O) groups is 3. The molecule has 0 saturated carbocycles. The third kappa shape index (κ3) is 4.31. The number of methoxy groups -OCH3 is 1. The third-order valence-electron chi connectivity index (χ3n) is 5.75. The second kappa shape index (κ2) is 8.90. The number of benzene rings is 2. The average Bonchev–Trinajstić information content (AvgIpc) is 2.74. The molecule has 6 heteroatoms. The Labute approximate surface area is 170 Å². The zero-order chi connectivity index (χ0) is 20.9. The second-order valence-corrected chi connectivity index (χ2v) is 7.46. The molecule has 1 amide bonds. The average molecular weight is 395 g/mol. The maximum absolute atomic E-state index is 12.2. The van der Waals surface area contributed by atoms with Gasteiger partial charge in [-0.3, -0.25) is 4.90 Å². The predicted octanol–water partition coefficient (Wildman–Crippen LogP) is 3.89. The minimum Gasteiger partial charge on any atom is -0.465 e. The van der Waals surface area contributed by atoms with Crippen LogP contribution in [0.2, 0.25) is 0 Å². The van der Waals surface area contributed by atoms with E-state index in [1.165, 1.54) is 12.0 Å². The fourth-order valence-electron chi connectivity index (χ4n) is 4.34. The summed E-state index contributed by atoms with van der Waals surface area (Å²) in [6.07, 6.45) is 2.03. The summed E-state index contributed by atoms with van der Waals surface area (Å²) in [5.74, 6) is -0.335. The predicted molar refractivity (Wildman–Crippen MR) is 108 cm³/mol. The number of carboxylic acid groups (broad SMARTS) is 1. The van der Waals surface area contributed by atoms with Crippen molar-refractivity contribution < 1.29 is 24.2 Å². The third-order valence-corrected chi connectivity index (χ3v) is 5.75. The highest BCUT2D eigenvalue weighted by molar-refractivity contribution is 5.89. The molecular formula is C23H25NO5. The molecule has 2 aromatic carbocycles. The number of hydrogen-bond donors (Lipinski definition) is 1. The zero-order valence-corrected chi connectivity index (χ0v) is 16.4. The molecule has 1 N–H and O–H groups in total. The highest BCUT2D eigenvalue weighted by atomic mass is 16.5. The minimum absolute atomic E-state index is 0.104. The van der Waals surface area contributed by atoms with Crippen molar-refractivity contribution >= 4 is 18.3 Å². The topological polar surface area (TPSA) is 83.9 Å². The van der Waals surface area contributed by atoms with Crippen LogP contribution in [-0.2, 0) is 21.5 Å². The number of esters is 1. The maximum atomic E-state index is 12.2. The van der Waals surface area contributed by atoms with Crippen LogP contribution in [0.25, 0.3) is 0 Å². The van der Waals surface area contributed by atoms with Crippen molar-refractivity contribution in [2.24, 2.45) is 5.92 Å². The summed E-state index contributed by atoms with van der Waals surface area (Å²) in [4.78, 5) is 36.7. The number of likely N-dealkylation sites (tertiary alicyclic amines) is 1. The minimum atomic E-state index is -0.984. The van der Waals surface area contributed by atoms with E-state index in [0.29, 0.717) is 37.8 Å². The van der Waals surface area contributed by atoms with Crippen molar-refractivity contribution in [2.45, 2.75) is 31.2 Å². The normalized spacial score (nSPS) is 21.4. The molecule has 152 valence electrons. The molecule has 1 saturated heterocycles. The van der Waals surface area contributed by atoms with E-state index in [-0.39, 0.29) is 5.92 Å². The summed E-state index contributed by atoms with van der Waals surface area (Å²) in [7, 11) is 1.32. The molecule has 1 heterocycles. The highest BCUT2D eigenvalue weighted by Gasteiger charge is 2.46. The second-order valence-electron chi connectivity index (χ2n) is 7.46. The summed E-state index contributed by atoms with van der Waals surface area (Å²) < 4.78 is 4.77. The van der Waals surface area contributed by atoms with Gasteiger partial charge in [0.2, 0.25) is 0 Å². The van der Waals surface area contributed by atoms with Crippen LogP contribution in [0.3, 0.4) is 0 Å². The lowest BCUT2D eigenvalue weighted by Gasteiger charge is -2.49. The Hall–Kier alpha value is -3.15. The summed E-state index contributed by atoms with van der Waals surface area (Å²) >= 11 is 0. The van der Waals surface area contributed by atoms with Gasteiger partial charge in [-0.15, -0.1) is 0 Å². The zero-order valence-electron chi connectivity index (χ0n) is 16.4. The molecule has 1 aliphatic rings. The first-order valence-corrected chi connectivity index (χ1v) is 9.67. The van der Waals surface area contributed by atoms with E-state index in [1.807, 2.05) is 30.3 Å². The van der Waals surface area contributed by atoms with Crippen molar-refractivity contribution in [2.75, 3.05) is 13.7 Å². The molecule has 29 heavy (non-hydrogen) atoms. The lowest BCUT2D eigenvalue weighted by atomic mass is 9.71. The van der Waals surface area contributed by atoms with Crippen molar-refractivity contribution in [1.29, 1.82) is 0 Å². The van der Waals surface area contributed by atoms with Crippen molar-refractivity contribution in [3.63, 3.8) is 0 Å². The first-order valence-electron chi connectivity index (χ1n) is 9.67. The van der Waals surface area contributed by atoms with E-state index < -0.39 is 17.6 Å². The molecule has 1 fully saturated rings. The molecule has 0 aromatic heterocycles. The quantitative estimate of drug-likeness (QED) is 0.593. The van der Waals surface area contributed by atoms with Crippen LogP contribution in [0.1, 0.15) is 40.7 Å².